The summed E-state index contributed by atoms with van der Waals surface area (Å²) in [6.45, 7) is 3.44. The van der Waals surface area contributed by atoms with Crippen molar-refractivity contribution in [2.75, 3.05) is 16.8 Å². The number of rotatable bonds is 5. The molecule has 1 aliphatic heterocycles. The first-order valence-corrected chi connectivity index (χ1v) is 8.71. The number of nitrogens with zero attached hydrogens (tertiary/aromatic N) is 2. The van der Waals surface area contributed by atoms with Gasteiger partial charge in [-0.25, -0.2) is 4.99 Å². The molecular weight excluding hydrogens is 439 g/mol. The highest BCUT2D eigenvalue weighted by atomic mass is 127. The van der Waals surface area contributed by atoms with E-state index in [0.717, 1.165) is 36.3 Å². The van der Waals surface area contributed by atoms with E-state index in [1.54, 1.807) is 0 Å². The monoisotopic (exact) mass is 464 g/mol. The Hall–Kier alpha value is -2.09. The average molecular weight is 464 g/mol. The first kappa shape index (κ1) is 20.2. The molecule has 0 radical (unpaired) electrons. The largest absolute Gasteiger partial charge is 0.370 e. The SMILES string of the molecule is CCc1ccc(NC(N)=NCc2ccc(N3CCCC3=O)cc2)cc1.I. The highest BCUT2D eigenvalue weighted by Gasteiger charge is 2.21. The lowest BCUT2D eigenvalue weighted by molar-refractivity contribution is -0.117. The van der Waals surface area contributed by atoms with E-state index in [1.165, 1.54) is 5.56 Å². The van der Waals surface area contributed by atoms with Crippen molar-refractivity contribution >= 4 is 47.2 Å². The van der Waals surface area contributed by atoms with Gasteiger partial charge in [0.2, 0.25) is 5.91 Å². The van der Waals surface area contributed by atoms with Gasteiger partial charge in [0.15, 0.2) is 5.96 Å². The van der Waals surface area contributed by atoms with E-state index < -0.39 is 0 Å². The van der Waals surface area contributed by atoms with Gasteiger partial charge in [-0.3, -0.25) is 4.79 Å². The Bertz CT molecular complexity index is 756. The fraction of sp³-hybridized carbons (Fsp3) is 0.300. The summed E-state index contributed by atoms with van der Waals surface area (Å²) in [5.74, 6) is 0.594. The van der Waals surface area contributed by atoms with Crippen molar-refractivity contribution in [3.8, 4) is 0 Å². The van der Waals surface area contributed by atoms with E-state index in [2.05, 4.69) is 29.4 Å². The summed E-state index contributed by atoms with van der Waals surface area (Å²) in [5.41, 5.74) is 10.2. The molecule has 0 aliphatic carbocycles. The van der Waals surface area contributed by atoms with Crippen molar-refractivity contribution in [3.05, 3.63) is 59.7 Å². The van der Waals surface area contributed by atoms with Gasteiger partial charge in [0.1, 0.15) is 0 Å². The van der Waals surface area contributed by atoms with E-state index in [4.69, 9.17) is 5.73 Å². The molecule has 0 aromatic heterocycles. The van der Waals surface area contributed by atoms with Crippen molar-refractivity contribution in [3.63, 3.8) is 0 Å². The third kappa shape index (κ3) is 5.20. The first-order valence-electron chi connectivity index (χ1n) is 8.71. The summed E-state index contributed by atoms with van der Waals surface area (Å²) in [7, 11) is 0. The molecule has 0 spiro atoms. The van der Waals surface area contributed by atoms with Crippen LogP contribution in [0.5, 0.6) is 0 Å². The van der Waals surface area contributed by atoms with E-state index in [1.807, 2.05) is 41.3 Å². The number of carbonyl (C=O) groups excluding carboxylic acids is 1. The van der Waals surface area contributed by atoms with Crippen LogP contribution in [0.15, 0.2) is 53.5 Å². The molecule has 138 valence electrons. The zero-order valence-corrected chi connectivity index (χ0v) is 17.3. The Balaban J connectivity index is 0.00000243. The molecule has 0 saturated carbocycles. The number of aryl methyl sites for hydroxylation is 1. The topological polar surface area (TPSA) is 70.7 Å². The zero-order chi connectivity index (χ0) is 17.6. The van der Waals surface area contributed by atoms with Gasteiger partial charge in [-0.05, 0) is 48.2 Å². The van der Waals surface area contributed by atoms with E-state index in [-0.39, 0.29) is 29.9 Å². The second kappa shape index (κ2) is 9.56. The molecule has 1 fully saturated rings. The molecule has 0 unspecified atom stereocenters. The minimum atomic E-state index is 0. The molecule has 3 rings (SSSR count). The van der Waals surface area contributed by atoms with Gasteiger partial charge < -0.3 is 16.0 Å². The lowest BCUT2D eigenvalue weighted by Crippen LogP contribution is -2.23. The van der Waals surface area contributed by atoms with Gasteiger partial charge in [0.05, 0.1) is 6.54 Å². The summed E-state index contributed by atoms with van der Waals surface area (Å²) >= 11 is 0. The number of halogens is 1. The summed E-state index contributed by atoms with van der Waals surface area (Å²) in [5, 5.41) is 3.10. The molecular formula is C20H25IN4O. The van der Waals surface area contributed by atoms with Crippen LogP contribution in [-0.4, -0.2) is 18.4 Å². The van der Waals surface area contributed by atoms with Crippen molar-refractivity contribution in [2.24, 2.45) is 10.7 Å². The molecule has 6 heteroatoms. The van der Waals surface area contributed by atoms with Crippen molar-refractivity contribution in [1.29, 1.82) is 0 Å². The van der Waals surface area contributed by atoms with Crippen LogP contribution in [0, 0.1) is 0 Å². The second-order valence-electron chi connectivity index (χ2n) is 6.19. The summed E-state index contributed by atoms with van der Waals surface area (Å²) < 4.78 is 0. The highest BCUT2D eigenvalue weighted by Crippen LogP contribution is 2.21. The van der Waals surface area contributed by atoms with Gasteiger partial charge in [0.25, 0.3) is 0 Å². The Kier molecular flexibility index (Phi) is 7.44. The number of benzene rings is 2. The number of aliphatic imine (C=N–C) groups is 1. The number of hydrogen-bond donors (Lipinski definition) is 2. The molecule has 1 aliphatic rings. The molecule has 2 aromatic carbocycles. The Morgan fingerprint density at radius 2 is 1.77 bits per heavy atom. The molecule has 0 bridgehead atoms. The third-order valence-electron chi connectivity index (χ3n) is 4.39. The Morgan fingerprint density at radius 3 is 2.35 bits per heavy atom. The maximum atomic E-state index is 11.8. The van der Waals surface area contributed by atoms with E-state index >= 15 is 0 Å². The highest BCUT2D eigenvalue weighted by molar-refractivity contribution is 14.0. The van der Waals surface area contributed by atoms with Crippen molar-refractivity contribution in [1.82, 2.24) is 0 Å². The number of anilines is 2. The molecule has 0 atom stereocenters. The number of amides is 1. The van der Waals surface area contributed by atoms with E-state index in [9.17, 15) is 4.79 Å². The molecule has 1 amide bonds. The lowest BCUT2D eigenvalue weighted by Gasteiger charge is -2.15. The zero-order valence-electron chi connectivity index (χ0n) is 14.9. The molecule has 1 heterocycles. The number of nitrogens with two attached hydrogens (primary N) is 1. The van der Waals surface area contributed by atoms with Gasteiger partial charge in [-0.2, -0.15) is 0 Å². The quantitative estimate of drug-likeness (QED) is 0.401. The fourth-order valence-corrected chi connectivity index (χ4v) is 2.89. The van der Waals surface area contributed by atoms with E-state index in [0.29, 0.717) is 18.9 Å². The minimum Gasteiger partial charge on any atom is -0.370 e. The maximum absolute atomic E-state index is 11.8. The predicted octanol–water partition coefficient (Wildman–Crippen LogP) is 3.92. The first-order chi connectivity index (χ1) is 12.2. The lowest BCUT2D eigenvalue weighted by atomic mass is 10.1. The Morgan fingerprint density at radius 1 is 1.12 bits per heavy atom. The maximum Gasteiger partial charge on any atom is 0.227 e. The molecule has 5 nitrogen and oxygen atoms in total. The van der Waals surface area contributed by atoms with Crippen LogP contribution in [0.1, 0.15) is 30.9 Å². The minimum absolute atomic E-state index is 0. The molecule has 3 N–H and O–H groups in total. The Labute approximate surface area is 171 Å². The third-order valence-corrected chi connectivity index (χ3v) is 4.39. The summed E-state index contributed by atoms with van der Waals surface area (Å²) in [6, 6.07) is 16.1. The van der Waals surface area contributed by atoms with Gasteiger partial charge >= 0.3 is 0 Å². The van der Waals surface area contributed by atoms with Crippen LogP contribution in [0.2, 0.25) is 0 Å². The van der Waals surface area contributed by atoms with Crippen LogP contribution >= 0.6 is 24.0 Å². The number of guanidine groups is 1. The van der Waals surface area contributed by atoms with Crippen LogP contribution < -0.4 is 16.0 Å². The summed E-state index contributed by atoms with van der Waals surface area (Å²) in [6.07, 6.45) is 2.60. The summed E-state index contributed by atoms with van der Waals surface area (Å²) in [4.78, 5) is 18.0. The molecule has 1 saturated heterocycles. The smallest absolute Gasteiger partial charge is 0.227 e. The second-order valence-corrected chi connectivity index (χ2v) is 6.19. The van der Waals surface area contributed by atoms with Crippen LogP contribution in [0.3, 0.4) is 0 Å². The van der Waals surface area contributed by atoms with Crippen molar-refractivity contribution < 1.29 is 4.79 Å². The van der Waals surface area contributed by atoms with Crippen LogP contribution in [0.4, 0.5) is 11.4 Å². The average Bonchev–Trinajstić information content (AvgIpc) is 3.07. The van der Waals surface area contributed by atoms with Crippen molar-refractivity contribution in [2.45, 2.75) is 32.7 Å². The van der Waals surface area contributed by atoms with Crippen LogP contribution in [-0.2, 0) is 17.8 Å². The van der Waals surface area contributed by atoms with Gasteiger partial charge in [-0.15, -0.1) is 24.0 Å². The normalized spacial score (nSPS) is 14.3. The van der Waals surface area contributed by atoms with Gasteiger partial charge in [-0.1, -0.05) is 31.2 Å². The number of nitrogens with one attached hydrogen (secondary N) is 1. The van der Waals surface area contributed by atoms with Crippen LogP contribution in [0.25, 0.3) is 0 Å². The standard InChI is InChI=1S/C20H24N4O.HI/c1-2-15-5-9-17(10-6-15)23-20(21)22-14-16-7-11-18(12-8-16)24-13-3-4-19(24)25;/h5-12H,2-4,13-14H2,1H3,(H3,21,22,23);1H. The molecule has 26 heavy (non-hydrogen) atoms. The fourth-order valence-electron chi connectivity index (χ4n) is 2.89. The number of hydrogen-bond acceptors (Lipinski definition) is 2. The van der Waals surface area contributed by atoms with Gasteiger partial charge in [0, 0.05) is 24.3 Å². The number of carbonyl (C=O) groups is 1. The molecule has 2 aromatic rings. The predicted molar refractivity (Wildman–Crippen MR) is 118 cm³/mol.